The molecule has 84 valence electrons. The number of benzene rings is 2. The fourth-order valence-electron chi connectivity index (χ4n) is 2.58. The van der Waals surface area contributed by atoms with E-state index < -0.39 is 0 Å². The summed E-state index contributed by atoms with van der Waals surface area (Å²) in [6, 6.07) is 10.9. The van der Waals surface area contributed by atoms with Crippen molar-refractivity contribution in [3.05, 3.63) is 58.7 Å². The first-order valence-electron chi connectivity index (χ1n) is 6.12. The van der Waals surface area contributed by atoms with E-state index >= 15 is 0 Å². The zero-order valence-electron chi connectivity index (χ0n) is 10.3. The molecule has 3 rings (SSSR count). The van der Waals surface area contributed by atoms with Gasteiger partial charge in [0.2, 0.25) is 0 Å². The lowest BCUT2D eigenvalue weighted by atomic mass is 9.94. The quantitative estimate of drug-likeness (QED) is 0.588. The molecule has 0 saturated carbocycles. The van der Waals surface area contributed by atoms with Crippen LogP contribution in [0.1, 0.15) is 30.0 Å². The summed E-state index contributed by atoms with van der Waals surface area (Å²) >= 11 is 0. The van der Waals surface area contributed by atoms with E-state index in [1.54, 1.807) is 0 Å². The SMILES string of the molecule is CC1=Cc2c(c(C)cc3ccccc23)C=CC1. The first-order valence-corrected chi connectivity index (χ1v) is 6.12. The minimum atomic E-state index is 1.06. The van der Waals surface area contributed by atoms with E-state index in [2.05, 4.69) is 62.4 Å². The Hall–Kier alpha value is -1.82. The van der Waals surface area contributed by atoms with Gasteiger partial charge in [0.15, 0.2) is 0 Å². The first kappa shape index (κ1) is 10.3. The van der Waals surface area contributed by atoms with Crippen LogP contribution >= 0.6 is 0 Å². The van der Waals surface area contributed by atoms with Crippen LogP contribution < -0.4 is 0 Å². The number of allylic oxidation sites excluding steroid dienone is 2. The summed E-state index contributed by atoms with van der Waals surface area (Å²) in [5, 5.41) is 2.70. The Labute approximate surface area is 102 Å². The van der Waals surface area contributed by atoms with E-state index in [9.17, 15) is 0 Å². The van der Waals surface area contributed by atoms with E-state index in [1.165, 1.54) is 33.0 Å². The molecule has 0 fully saturated rings. The molecule has 0 bridgehead atoms. The first-order chi connectivity index (χ1) is 8.25. The third kappa shape index (κ3) is 1.70. The maximum Gasteiger partial charge on any atom is -0.0103 e. The lowest BCUT2D eigenvalue weighted by molar-refractivity contribution is 1.25. The molecule has 0 heterocycles. The molecule has 0 amide bonds. The van der Waals surface area contributed by atoms with Crippen molar-refractivity contribution in [2.24, 2.45) is 0 Å². The van der Waals surface area contributed by atoms with Crippen molar-refractivity contribution >= 4 is 22.9 Å². The summed E-state index contributed by atoms with van der Waals surface area (Å²) in [4.78, 5) is 0. The second-order valence-corrected chi connectivity index (χ2v) is 4.84. The Morgan fingerprint density at radius 3 is 2.71 bits per heavy atom. The van der Waals surface area contributed by atoms with Crippen LogP contribution in [0.25, 0.3) is 22.9 Å². The van der Waals surface area contributed by atoms with Gasteiger partial charge in [-0.25, -0.2) is 0 Å². The summed E-state index contributed by atoms with van der Waals surface area (Å²) in [5.74, 6) is 0. The van der Waals surface area contributed by atoms with Gasteiger partial charge >= 0.3 is 0 Å². The van der Waals surface area contributed by atoms with Crippen LogP contribution in [0, 0.1) is 6.92 Å². The number of rotatable bonds is 0. The maximum absolute atomic E-state index is 2.34. The molecule has 0 heteroatoms. The lowest BCUT2D eigenvalue weighted by Crippen LogP contribution is -1.89. The van der Waals surface area contributed by atoms with Gasteiger partial charge in [0.1, 0.15) is 0 Å². The van der Waals surface area contributed by atoms with Gasteiger partial charge in [-0.1, -0.05) is 54.1 Å². The van der Waals surface area contributed by atoms with Crippen LogP contribution in [0.15, 0.2) is 42.0 Å². The Bertz CT molecular complexity index is 642. The van der Waals surface area contributed by atoms with Crippen molar-refractivity contribution in [2.75, 3.05) is 0 Å². The Balaban J connectivity index is 2.46. The molecule has 0 N–H and O–H groups in total. The molecule has 0 atom stereocenters. The molecule has 1 aliphatic rings. The second-order valence-electron chi connectivity index (χ2n) is 4.84. The third-order valence-electron chi connectivity index (χ3n) is 3.45. The minimum Gasteiger partial charge on any atom is -0.0798 e. The molecule has 2 aromatic carbocycles. The summed E-state index contributed by atoms with van der Waals surface area (Å²) in [7, 11) is 0. The highest BCUT2D eigenvalue weighted by Gasteiger charge is 2.09. The number of hydrogen-bond acceptors (Lipinski definition) is 0. The Morgan fingerprint density at radius 1 is 1.00 bits per heavy atom. The number of aryl methyl sites for hydroxylation is 1. The van der Waals surface area contributed by atoms with Crippen molar-refractivity contribution in [3.8, 4) is 0 Å². The topological polar surface area (TPSA) is 0 Å². The fraction of sp³-hybridized carbons (Fsp3) is 0.176. The standard InChI is InChI=1S/C17H16/c1-12-6-5-9-15-13(2)11-14-7-3-4-8-16(14)17(15)10-12/h3-5,7-11H,6H2,1-2H3. The smallest absolute Gasteiger partial charge is 0.0103 e. The summed E-state index contributed by atoms with van der Waals surface area (Å²) < 4.78 is 0. The lowest BCUT2D eigenvalue weighted by Gasteiger charge is -2.10. The predicted octanol–water partition coefficient (Wildman–Crippen LogP) is 4.97. The average Bonchev–Trinajstić information content (AvgIpc) is 2.51. The zero-order chi connectivity index (χ0) is 11.8. The van der Waals surface area contributed by atoms with E-state index in [4.69, 9.17) is 0 Å². The van der Waals surface area contributed by atoms with Crippen molar-refractivity contribution in [3.63, 3.8) is 0 Å². The van der Waals surface area contributed by atoms with Gasteiger partial charge < -0.3 is 0 Å². The van der Waals surface area contributed by atoms with Crippen molar-refractivity contribution < 1.29 is 0 Å². The van der Waals surface area contributed by atoms with Gasteiger partial charge in [-0.3, -0.25) is 0 Å². The van der Waals surface area contributed by atoms with Crippen molar-refractivity contribution in [1.82, 2.24) is 0 Å². The second kappa shape index (κ2) is 3.89. The summed E-state index contributed by atoms with van der Waals surface area (Å²) in [6.45, 7) is 4.40. The molecule has 0 aromatic heterocycles. The van der Waals surface area contributed by atoms with Crippen molar-refractivity contribution in [2.45, 2.75) is 20.3 Å². The van der Waals surface area contributed by atoms with Gasteiger partial charge in [0, 0.05) is 0 Å². The molecule has 1 aliphatic carbocycles. The molecule has 0 aliphatic heterocycles. The average molecular weight is 220 g/mol. The fourth-order valence-corrected chi connectivity index (χ4v) is 2.58. The van der Waals surface area contributed by atoms with Gasteiger partial charge in [0.25, 0.3) is 0 Å². The predicted molar refractivity (Wildman–Crippen MR) is 76.0 cm³/mol. The highest BCUT2D eigenvalue weighted by atomic mass is 14.1. The molecule has 0 nitrogen and oxygen atoms in total. The van der Waals surface area contributed by atoms with Gasteiger partial charge in [0.05, 0.1) is 0 Å². The molecule has 0 saturated heterocycles. The Morgan fingerprint density at radius 2 is 1.82 bits per heavy atom. The van der Waals surface area contributed by atoms with Crippen molar-refractivity contribution in [1.29, 1.82) is 0 Å². The molecule has 2 aromatic rings. The third-order valence-corrected chi connectivity index (χ3v) is 3.45. The van der Waals surface area contributed by atoms with Crippen LogP contribution in [0.3, 0.4) is 0 Å². The van der Waals surface area contributed by atoms with Crippen LogP contribution in [-0.2, 0) is 0 Å². The maximum atomic E-state index is 2.34. The van der Waals surface area contributed by atoms with Gasteiger partial charge in [-0.15, -0.1) is 0 Å². The molecule has 17 heavy (non-hydrogen) atoms. The zero-order valence-corrected chi connectivity index (χ0v) is 10.3. The molecule has 0 radical (unpaired) electrons. The highest BCUT2D eigenvalue weighted by molar-refractivity contribution is 5.96. The van der Waals surface area contributed by atoms with Crippen LogP contribution in [0.4, 0.5) is 0 Å². The monoisotopic (exact) mass is 220 g/mol. The van der Waals surface area contributed by atoms with E-state index in [0.717, 1.165) is 6.42 Å². The van der Waals surface area contributed by atoms with Gasteiger partial charge in [-0.2, -0.15) is 0 Å². The molecule has 0 spiro atoms. The summed E-state index contributed by atoms with van der Waals surface area (Å²) in [5.41, 5.74) is 5.55. The highest BCUT2D eigenvalue weighted by Crippen LogP contribution is 2.31. The van der Waals surface area contributed by atoms with Crippen LogP contribution in [-0.4, -0.2) is 0 Å². The van der Waals surface area contributed by atoms with Crippen LogP contribution in [0.2, 0.25) is 0 Å². The number of fused-ring (bicyclic) bond motifs is 3. The minimum absolute atomic E-state index is 1.06. The normalized spacial score (nSPS) is 14.4. The number of hydrogen-bond donors (Lipinski definition) is 0. The summed E-state index contributed by atoms with van der Waals surface area (Å²) in [6.07, 6.45) is 7.93. The van der Waals surface area contributed by atoms with E-state index in [1.807, 2.05) is 0 Å². The van der Waals surface area contributed by atoms with Crippen LogP contribution in [0.5, 0.6) is 0 Å². The van der Waals surface area contributed by atoms with E-state index in [0.29, 0.717) is 0 Å². The van der Waals surface area contributed by atoms with E-state index in [-0.39, 0.29) is 0 Å². The van der Waals surface area contributed by atoms with Gasteiger partial charge in [-0.05, 0) is 47.7 Å². The Kier molecular flexibility index (Phi) is 2.36. The molecule has 0 unspecified atom stereocenters. The molecular weight excluding hydrogens is 204 g/mol. The largest absolute Gasteiger partial charge is 0.0798 e. The molecular formula is C17H16.